The van der Waals surface area contributed by atoms with Gasteiger partial charge in [-0.25, -0.2) is 4.79 Å². The summed E-state index contributed by atoms with van der Waals surface area (Å²) in [4.78, 5) is 26.0. The number of methoxy groups -OCH3 is 1. The number of carboxylic acids is 1. The summed E-state index contributed by atoms with van der Waals surface area (Å²) in [6, 6.07) is 12.1. The third-order valence-electron chi connectivity index (χ3n) is 4.34. The van der Waals surface area contributed by atoms with Crippen LogP contribution in [-0.4, -0.2) is 41.1 Å². The van der Waals surface area contributed by atoms with Crippen LogP contribution in [0.1, 0.15) is 19.4 Å². The van der Waals surface area contributed by atoms with Gasteiger partial charge in [0.05, 0.1) is 24.3 Å². The summed E-state index contributed by atoms with van der Waals surface area (Å²) < 4.78 is 16.6. The second kappa shape index (κ2) is 9.84. The first-order valence-corrected chi connectivity index (χ1v) is 10.6. The number of benzene rings is 2. The average Bonchev–Trinajstić information content (AvgIpc) is 3.03. The van der Waals surface area contributed by atoms with E-state index >= 15 is 0 Å². The summed E-state index contributed by atoms with van der Waals surface area (Å²) in [6.45, 7) is 3.63. The maximum atomic E-state index is 13.0. The van der Waals surface area contributed by atoms with Crippen LogP contribution in [0.4, 0.5) is 5.69 Å². The molecule has 2 aromatic carbocycles. The Bertz CT molecular complexity index is 1030. The highest BCUT2D eigenvalue weighted by Crippen LogP contribution is 2.37. The van der Waals surface area contributed by atoms with Crippen LogP contribution in [0, 0.1) is 0 Å². The monoisotopic (exact) mass is 459 g/mol. The zero-order valence-corrected chi connectivity index (χ0v) is 18.8. The second-order valence-corrected chi connectivity index (χ2v) is 8.13. The van der Waals surface area contributed by atoms with E-state index in [0.717, 1.165) is 0 Å². The lowest BCUT2D eigenvalue weighted by molar-refractivity contribution is -0.144. The molecule has 1 atom stereocenters. The van der Waals surface area contributed by atoms with Crippen LogP contribution in [-0.2, 0) is 9.59 Å². The molecule has 31 heavy (non-hydrogen) atoms. The van der Waals surface area contributed by atoms with Gasteiger partial charge in [-0.15, -0.1) is 0 Å². The number of thiocarbonyl (C=S) groups is 1. The normalized spacial score (nSPS) is 15.8. The predicted molar refractivity (Wildman–Crippen MR) is 124 cm³/mol. The molecule has 0 aliphatic carbocycles. The van der Waals surface area contributed by atoms with Gasteiger partial charge in [0.1, 0.15) is 5.75 Å². The quantitative estimate of drug-likeness (QED) is 0.461. The van der Waals surface area contributed by atoms with E-state index in [4.69, 9.17) is 31.5 Å². The molecule has 1 fully saturated rings. The van der Waals surface area contributed by atoms with Crippen molar-refractivity contribution in [3.05, 3.63) is 52.9 Å². The van der Waals surface area contributed by atoms with Crippen molar-refractivity contribution in [2.45, 2.75) is 20.0 Å². The molecule has 1 heterocycles. The number of ether oxygens (including phenoxy) is 3. The average molecular weight is 460 g/mol. The third kappa shape index (κ3) is 5.18. The smallest absolute Gasteiger partial charge is 0.344 e. The fraction of sp³-hybridized carbons (Fsp3) is 0.227. The molecule has 0 aromatic heterocycles. The van der Waals surface area contributed by atoms with Crippen molar-refractivity contribution >= 4 is 51.9 Å². The highest BCUT2D eigenvalue weighted by molar-refractivity contribution is 8.27. The molecule has 0 saturated carbocycles. The minimum absolute atomic E-state index is 0.224. The van der Waals surface area contributed by atoms with Gasteiger partial charge in [0, 0.05) is 0 Å². The third-order valence-corrected chi connectivity index (χ3v) is 5.64. The number of amides is 1. The van der Waals surface area contributed by atoms with Crippen molar-refractivity contribution in [1.82, 2.24) is 0 Å². The first-order valence-electron chi connectivity index (χ1n) is 9.42. The fourth-order valence-electron chi connectivity index (χ4n) is 2.79. The number of carboxylic acid groups (broad SMARTS) is 1. The van der Waals surface area contributed by atoms with Gasteiger partial charge in [0.15, 0.2) is 21.9 Å². The summed E-state index contributed by atoms with van der Waals surface area (Å²) in [5, 5.41) is 9.07. The van der Waals surface area contributed by atoms with Crippen LogP contribution in [0.15, 0.2) is 47.4 Å². The molecule has 0 spiro atoms. The lowest BCUT2D eigenvalue weighted by Gasteiger charge is -2.15. The Labute approximate surface area is 189 Å². The second-order valence-electron chi connectivity index (χ2n) is 6.45. The summed E-state index contributed by atoms with van der Waals surface area (Å²) in [6.07, 6.45) is 0.696. The number of carbonyl (C=O) groups excluding carboxylic acids is 1. The number of anilines is 1. The first kappa shape index (κ1) is 22.6. The van der Waals surface area contributed by atoms with Crippen molar-refractivity contribution in [3.63, 3.8) is 0 Å². The molecule has 3 rings (SSSR count). The van der Waals surface area contributed by atoms with E-state index in [1.165, 1.54) is 23.6 Å². The topological polar surface area (TPSA) is 85.3 Å². The Kier molecular flexibility index (Phi) is 7.19. The summed E-state index contributed by atoms with van der Waals surface area (Å²) >= 11 is 6.62. The minimum atomic E-state index is -1.08. The van der Waals surface area contributed by atoms with Gasteiger partial charge in [-0.2, -0.15) is 0 Å². The standard InChI is InChI=1S/C22H21NO6S2/c1-4-28-18-11-14(5-10-17(18)29-13(2)21(25)26)12-19-20(24)23(22(30)31-19)15-6-8-16(27-3)9-7-15/h5-13H,4H2,1-3H3,(H,25,26)/b19-12+. The number of thioether (sulfide) groups is 1. The number of rotatable bonds is 8. The number of hydrogen-bond donors (Lipinski definition) is 1. The van der Waals surface area contributed by atoms with E-state index in [-0.39, 0.29) is 5.91 Å². The molecule has 9 heteroatoms. The van der Waals surface area contributed by atoms with E-state index in [1.807, 2.05) is 6.92 Å². The maximum absolute atomic E-state index is 13.0. The van der Waals surface area contributed by atoms with Gasteiger partial charge in [0.25, 0.3) is 5.91 Å². The SMILES string of the molecule is CCOc1cc(/C=C2/SC(=S)N(c3ccc(OC)cc3)C2=O)ccc1OC(C)C(=O)O. The molecular weight excluding hydrogens is 438 g/mol. The van der Waals surface area contributed by atoms with Crippen LogP contribution < -0.4 is 19.1 Å². The molecule has 162 valence electrons. The molecule has 1 N–H and O–H groups in total. The zero-order valence-electron chi connectivity index (χ0n) is 17.2. The summed E-state index contributed by atoms with van der Waals surface area (Å²) in [5.74, 6) is 0.106. The van der Waals surface area contributed by atoms with Gasteiger partial charge in [-0.1, -0.05) is 30.0 Å². The highest BCUT2D eigenvalue weighted by Gasteiger charge is 2.33. The molecule has 7 nitrogen and oxygen atoms in total. The van der Waals surface area contributed by atoms with Crippen LogP contribution in [0.25, 0.3) is 6.08 Å². The number of hydrogen-bond acceptors (Lipinski definition) is 7. The van der Waals surface area contributed by atoms with E-state index in [0.29, 0.717) is 44.3 Å². The van der Waals surface area contributed by atoms with E-state index in [2.05, 4.69) is 0 Å². The van der Waals surface area contributed by atoms with Crippen molar-refractivity contribution in [1.29, 1.82) is 0 Å². The Morgan fingerprint density at radius 2 is 1.94 bits per heavy atom. The molecule has 1 amide bonds. The summed E-state index contributed by atoms with van der Waals surface area (Å²) in [7, 11) is 1.58. The minimum Gasteiger partial charge on any atom is -0.497 e. The van der Waals surface area contributed by atoms with Crippen LogP contribution in [0.5, 0.6) is 17.2 Å². The fourth-order valence-corrected chi connectivity index (χ4v) is 4.09. The Morgan fingerprint density at radius 3 is 2.55 bits per heavy atom. The zero-order chi connectivity index (χ0) is 22.5. The lowest BCUT2D eigenvalue weighted by atomic mass is 10.1. The molecule has 2 aromatic rings. The molecular formula is C22H21NO6S2. The van der Waals surface area contributed by atoms with E-state index in [1.54, 1.807) is 55.7 Å². The first-order chi connectivity index (χ1) is 14.8. The molecule has 1 aliphatic rings. The van der Waals surface area contributed by atoms with Crippen molar-refractivity contribution < 1.29 is 28.9 Å². The Balaban J connectivity index is 1.86. The van der Waals surface area contributed by atoms with Gasteiger partial charge in [-0.05, 0) is 61.9 Å². The van der Waals surface area contributed by atoms with Crippen LogP contribution >= 0.6 is 24.0 Å². The van der Waals surface area contributed by atoms with Crippen molar-refractivity contribution in [2.75, 3.05) is 18.6 Å². The number of nitrogens with zero attached hydrogens (tertiary/aromatic N) is 1. The van der Waals surface area contributed by atoms with Crippen molar-refractivity contribution in [2.24, 2.45) is 0 Å². The van der Waals surface area contributed by atoms with Crippen molar-refractivity contribution in [3.8, 4) is 17.2 Å². The van der Waals surface area contributed by atoms with Gasteiger partial charge >= 0.3 is 5.97 Å². The molecule has 1 aliphatic heterocycles. The van der Waals surface area contributed by atoms with Crippen LogP contribution in [0.3, 0.4) is 0 Å². The van der Waals surface area contributed by atoms with E-state index < -0.39 is 12.1 Å². The molecule has 1 unspecified atom stereocenters. The summed E-state index contributed by atoms with van der Waals surface area (Å²) in [5.41, 5.74) is 1.36. The Hall–Kier alpha value is -3.04. The molecule has 0 bridgehead atoms. The largest absolute Gasteiger partial charge is 0.497 e. The van der Waals surface area contributed by atoms with Gasteiger partial charge in [-0.3, -0.25) is 9.69 Å². The number of aliphatic carboxylic acids is 1. The van der Waals surface area contributed by atoms with Gasteiger partial charge < -0.3 is 19.3 Å². The van der Waals surface area contributed by atoms with Gasteiger partial charge in [0.2, 0.25) is 0 Å². The van der Waals surface area contributed by atoms with E-state index in [9.17, 15) is 9.59 Å². The number of carbonyl (C=O) groups is 2. The molecule has 1 saturated heterocycles. The molecule has 0 radical (unpaired) electrons. The predicted octanol–water partition coefficient (Wildman–Crippen LogP) is 4.35. The Morgan fingerprint density at radius 1 is 1.23 bits per heavy atom. The lowest BCUT2D eigenvalue weighted by Crippen LogP contribution is -2.27. The highest BCUT2D eigenvalue weighted by atomic mass is 32.2. The maximum Gasteiger partial charge on any atom is 0.344 e. The van der Waals surface area contributed by atoms with Crippen LogP contribution in [0.2, 0.25) is 0 Å².